The summed E-state index contributed by atoms with van der Waals surface area (Å²) < 4.78 is 3.90. The average Bonchev–Trinajstić information content (AvgIpc) is 3.08. The molecular weight excluding hydrogens is 264 g/mol. The maximum atomic E-state index is 9.30. The zero-order valence-corrected chi connectivity index (χ0v) is 12.8. The first-order chi connectivity index (χ1) is 10.2. The lowest BCUT2D eigenvalue weighted by Crippen LogP contribution is -2.21. The molecule has 2 aromatic heterocycles. The molecule has 110 valence electrons. The van der Waals surface area contributed by atoms with Crippen molar-refractivity contribution in [2.45, 2.75) is 39.7 Å². The second kappa shape index (κ2) is 5.24. The highest BCUT2D eigenvalue weighted by molar-refractivity contribution is 5.57. The summed E-state index contributed by atoms with van der Waals surface area (Å²) >= 11 is 0. The summed E-state index contributed by atoms with van der Waals surface area (Å²) in [6.45, 7) is 5.95. The summed E-state index contributed by atoms with van der Waals surface area (Å²) in [7, 11) is 1.97. The zero-order valence-electron chi connectivity index (χ0n) is 12.8. The summed E-state index contributed by atoms with van der Waals surface area (Å²) in [5.74, 6) is 1.67. The van der Waals surface area contributed by atoms with Crippen LogP contribution in [0.5, 0.6) is 0 Å². The van der Waals surface area contributed by atoms with Crippen LogP contribution in [0.25, 0.3) is 5.82 Å². The molecule has 0 amide bonds. The van der Waals surface area contributed by atoms with Crippen molar-refractivity contribution in [3.63, 3.8) is 0 Å². The second-order valence-electron chi connectivity index (χ2n) is 5.50. The monoisotopic (exact) mass is 284 g/mol. The van der Waals surface area contributed by atoms with E-state index in [1.807, 2.05) is 16.6 Å². The van der Waals surface area contributed by atoms with E-state index in [1.165, 1.54) is 24.1 Å². The fourth-order valence-corrected chi connectivity index (χ4v) is 2.92. The van der Waals surface area contributed by atoms with E-state index in [-0.39, 0.29) is 0 Å². The van der Waals surface area contributed by atoms with Gasteiger partial charge in [-0.2, -0.15) is 20.1 Å². The lowest BCUT2D eigenvalue weighted by Gasteiger charge is -2.18. The minimum atomic E-state index is 0.588. The molecule has 0 saturated carbocycles. The van der Waals surface area contributed by atoms with Crippen LogP contribution in [-0.4, -0.2) is 33.2 Å². The first-order valence-corrected chi connectivity index (χ1v) is 7.43. The van der Waals surface area contributed by atoms with E-state index in [2.05, 4.69) is 29.7 Å². The Morgan fingerprint density at radius 3 is 2.90 bits per heavy atom. The standard InChI is InChI=1S/C15H20N6/c1-4-19(3)15-12(9-16)10-17-21(15)14-11(2)13-7-5-6-8-20(13)18-14/h10H,4-8H2,1-3H3. The molecule has 0 N–H and O–H groups in total. The quantitative estimate of drug-likeness (QED) is 0.865. The summed E-state index contributed by atoms with van der Waals surface area (Å²) in [5.41, 5.74) is 3.06. The number of aryl methyl sites for hydroxylation is 1. The summed E-state index contributed by atoms with van der Waals surface area (Å²) in [6, 6.07) is 2.22. The number of fused-ring (bicyclic) bond motifs is 1. The van der Waals surface area contributed by atoms with Gasteiger partial charge in [-0.05, 0) is 33.1 Å². The zero-order chi connectivity index (χ0) is 15.0. The van der Waals surface area contributed by atoms with Crippen LogP contribution in [0.1, 0.15) is 36.6 Å². The number of nitriles is 1. The van der Waals surface area contributed by atoms with Crippen molar-refractivity contribution < 1.29 is 0 Å². The lowest BCUT2D eigenvalue weighted by molar-refractivity contribution is 0.483. The maximum Gasteiger partial charge on any atom is 0.180 e. The first-order valence-electron chi connectivity index (χ1n) is 7.43. The van der Waals surface area contributed by atoms with E-state index < -0.39 is 0 Å². The molecule has 0 spiro atoms. The first kappa shape index (κ1) is 13.7. The Morgan fingerprint density at radius 2 is 2.24 bits per heavy atom. The van der Waals surface area contributed by atoms with E-state index in [4.69, 9.17) is 5.10 Å². The van der Waals surface area contributed by atoms with Crippen molar-refractivity contribution in [1.29, 1.82) is 5.26 Å². The van der Waals surface area contributed by atoms with Crippen molar-refractivity contribution >= 4 is 5.82 Å². The molecule has 0 aromatic carbocycles. The van der Waals surface area contributed by atoms with Crippen LogP contribution in [-0.2, 0) is 13.0 Å². The summed E-state index contributed by atoms with van der Waals surface area (Å²) in [5, 5.41) is 18.4. The maximum absolute atomic E-state index is 9.30. The van der Waals surface area contributed by atoms with Crippen LogP contribution < -0.4 is 4.90 Å². The van der Waals surface area contributed by atoms with Crippen molar-refractivity contribution in [1.82, 2.24) is 19.6 Å². The minimum Gasteiger partial charge on any atom is -0.359 e. The SMILES string of the molecule is CCN(C)c1c(C#N)cnn1-c1nn2c(c1C)CCCC2. The van der Waals surface area contributed by atoms with Gasteiger partial charge in [0, 0.05) is 31.4 Å². The molecule has 0 unspecified atom stereocenters. The number of anilines is 1. The second-order valence-corrected chi connectivity index (χ2v) is 5.50. The minimum absolute atomic E-state index is 0.588. The molecular formula is C15H20N6. The Balaban J connectivity index is 2.15. The highest BCUT2D eigenvalue weighted by Crippen LogP contribution is 2.27. The largest absolute Gasteiger partial charge is 0.359 e. The Labute approximate surface area is 124 Å². The molecule has 6 heteroatoms. The number of hydrogen-bond acceptors (Lipinski definition) is 4. The molecule has 0 saturated heterocycles. The number of aromatic nitrogens is 4. The predicted molar refractivity (Wildman–Crippen MR) is 80.7 cm³/mol. The van der Waals surface area contributed by atoms with Crippen LogP contribution in [0.15, 0.2) is 6.20 Å². The van der Waals surface area contributed by atoms with Crippen LogP contribution in [0.2, 0.25) is 0 Å². The molecule has 0 radical (unpaired) electrons. The lowest BCUT2D eigenvalue weighted by atomic mass is 10.1. The van der Waals surface area contributed by atoms with Crippen LogP contribution in [0, 0.1) is 18.3 Å². The van der Waals surface area contributed by atoms with Gasteiger partial charge in [-0.25, -0.2) is 0 Å². The number of rotatable bonds is 3. The van der Waals surface area contributed by atoms with E-state index in [0.29, 0.717) is 5.56 Å². The van der Waals surface area contributed by atoms with E-state index in [9.17, 15) is 5.26 Å². The van der Waals surface area contributed by atoms with Gasteiger partial charge in [0.25, 0.3) is 0 Å². The Hall–Kier alpha value is -2.29. The van der Waals surface area contributed by atoms with Gasteiger partial charge < -0.3 is 4.90 Å². The third-order valence-electron chi connectivity index (χ3n) is 4.23. The summed E-state index contributed by atoms with van der Waals surface area (Å²) in [6.07, 6.45) is 5.09. The smallest absolute Gasteiger partial charge is 0.180 e. The molecule has 0 fully saturated rings. The molecule has 3 heterocycles. The molecule has 3 rings (SSSR count). The van der Waals surface area contributed by atoms with E-state index in [0.717, 1.165) is 31.1 Å². The van der Waals surface area contributed by atoms with Gasteiger partial charge in [-0.15, -0.1) is 0 Å². The third kappa shape index (κ3) is 2.09. The van der Waals surface area contributed by atoms with E-state index in [1.54, 1.807) is 6.20 Å². The molecule has 0 aliphatic carbocycles. The average molecular weight is 284 g/mol. The van der Waals surface area contributed by atoms with E-state index >= 15 is 0 Å². The van der Waals surface area contributed by atoms with Gasteiger partial charge in [-0.1, -0.05) is 0 Å². The number of nitrogens with zero attached hydrogens (tertiary/aromatic N) is 6. The van der Waals surface area contributed by atoms with Crippen molar-refractivity contribution in [2.75, 3.05) is 18.5 Å². The van der Waals surface area contributed by atoms with Crippen molar-refractivity contribution in [2.24, 2.45) is 0 Å². The Kier molecular flexibility index (Phi) is 3.42. The Morgan fingerprint density at radius 1 is 1.43 bits per heavy atom. The molecule has 0 bridgehead atoms. The molecule has 1 aliphatic heterocycles. The van der Waals surface area contributed by atoms with Gasteiger partial charge in [0.1, 0.15) is 11.6 Å². The predicted octanol–water partition coefficient (Wildman–Crippen LogP) is 2.04. The fourth-order valence-electron chi connectivity index (χ4n) is 2.92. The van der Waals surface area contributed by atoms with Gasteiger partial charge >= 0.3 is 0 Å². The number of hydrogen-bond donors (Lipinski definition) is 0. The highest BCUT2D eigenvalue weighted by atomic mass is 15.4. The Bertz CT molecular complexity index is 703. The third-order valence-corrected chi connectivity index (χ3v) is 4.23. The molecule has 6 nitrogen and oxygen atoms in total. The normalized spacial score (nSPS) is 13.8. The van der Waals surface area contributed by atoms with Crippen molar-refractivity contribution in [3.05, 3.63) is 23.0 Å². The molecule has 0 atom stereocenters. The molecule has 21 heavy (non-hydrogen) atoms. The van der Waals surface area contributed by atoms with Crippen LogP contribution >= 0.6 is 0 Å². The summed E-state index contributed by atoms with van der Waals surface area (Å²) in [4.78, 5) is 2.03. The van der Waals surface area contributed by atoms with Gasteiger partial charge in [0.2, 0.25) is 0 Å². The van der Waals surface area contributed by atoms with Gasteiger partial charge in [0.05, 0.1) is 6.20 Å². The topological polar surface area (TPSA) is 62.7 Å². The van der Waals surface area contributed by atoms with Gasteiger partial charge in [-0.3, -0.25) is 4.68 Å². The van der Waals surface area contributed by atoms with Crippen molar-refractivity contribution in [3.8, 4) is 11.9 Å². The van der Waals surface area contributed by atoms with Crippen LogP contribution in [0.3, 0.4) is 0 Å². The molecule has 1 aliphatic rings. The highest BCUT2D eigenvalue weighted by Gasteiger charge is 2.23. The fraction of sp³-hybridized carbons (Fsp3) is 0.533. The van der Waals surface area contributed by atoms with Gasteiger partial charge in [0.15, 0.2) is 11.6 Å². The van der Waals surface area contributed by atoms with Crippen LogP contribution in [0.4, 0.5) is 5.82 Å². The molecule has 2 aromatic rings.